The minimum absolute atomic E-state index is 0.0724. The van der Waals surface area contributed by atoms with Crippen molar-refractivity contribution in [3.63, 3.8) is 0 Å². The first-order valence-electron chi connectivity index (χ1n) is 6.79. The summed E-state index contributed by atoms with van der Waals surface area (Å²) < 4.78 is 0. The summed E-state index contributed by atoms with van der Waals surface area (Å²) in [6.07, 6.45) is 4.49. The average Bonchev–Trinajstić information content (AvgIpc) is 2.79. The molecule has 5 heteroatoms. The molecule has 0 aliphatic rings. The van der Waals surface area contributed by atoms with E-state index in [2.05, 4.69) is 27.4 Å². The number of hydrogen-bond donors (Lipinski definition) is 2. The molecule has 0 spiro atoms. The van der Waals surface area contributed by atoms with Crippen molar-refractivity contribution in [3.05, 3.63) is 46.5 Å². The van der Waals surface area contributed by atoms with Gasteiger partial charge in [0, 0.05) is 23.7 Å². The van der Waals surface area contributed by atoms with Gasteiger partial charge in [-0.15, -0.1) is 0 Å². The lowest BCUT2D eigenvalue weighted by Crippen LogP contribution is -2.28. The van der Waals surface area contributed by atoms with Gasteiger partial charge >= 0.3 is 0 Å². The van der Waals surface area contributed by atoms with E-state index >= 15 is 0 Å². The van der Waals surface area contributed by atoms with Crippen LogP contribution in [0.1, 0.15) is 52.8 Å². The van der Waals surface area contributed by atoms with Crippen LogP contribution in [0.3, 0.4) is 0 Å². The summed E-state index contributed by atoms with van der Waals surface area (Å²) in [6.45, 7) is 7.85. The third-order valence-electron chi connectivity index (χ3n) is 3.60. The van der Waals surface area contributed by atoms with Crippen LogP contribution in [0.4, 0.5) is 0 Å². The van der Waals surface area contributed by atoms with E-state index < -0.39 is 0 Å². The largest absolute Gasteiger partial charge is 0.344 e. The molecule has 1 amide bonds. The molecule has 5 nitrogen and oxygen atoms in total. The number of aryl methyl sites for hydroxylation is 2. The molecular weight excluding hydrogens is 252 g/mol. The number of aromatic nitrogens is 3. The first kappa shape index (κ1) is 14.2. The fraction of sp³-hybridized carbons (Fsp3) is 0.400. The predicted octanol–water partition coefficient (Wildman–Crippen LogP) is 2.47. The number of carbonyl (C=O) groups excluding carboxylic acids is 1. The van der Waals surface area contributed by atoms with Crippen LogP contribution >= 0.6 is 0 Å². The lowest BCUT2D eigenvalue weighted by atomic mass is 10.0. The maximum Gasteiger partial charge on any atom is 0.272 e. The Bertz CT molecular complexity index is 618. The van der Waals surface area contributed by atoms with Crippen molar-refractivity contribution in [2.24, 2.45) is 0 Å². The Balaban J connectivity index is 2.17. The molecule has 1 unspecified atom stereocenters. The van der Waals surface area contributed by atoms with Crippen LogP contribution in [0.2, 0.25) is 0 Å². The van der Waals surface area contributed by atoms with Gasteiger partial charge in [0.15, 0.2) is 5.69 Å². The average molecular weight is 272 g/mol. The summed E-state index contributed by atoms with van der Waals surface area (Å²) in [7, 11) is 0. The van der Waals surface area contributed by atoms with E-state index in [1.165, 1.54) is 0 Å². The molecule has 0 saturated carbocycles. The molecule has 2 rings (SSSR count). The van der Waals surface area contributed by atoms with Crippen molar-refractivity contribution >= 4 is 5.91 Å². The molecule has 0 saturated heterocycles. The van der Waals surface area contributed by atoms with Crippen LogP contribution in [0.25, 0.3) is 0 Å². The first-order chi connectivity index (χ1) is 9.54. The Hall–Kier alpha value is -2.17. The Morgan fingerprint density at radius 2 is 2.20 bits per heavy atom. The zero-order valence-corrected chi connectivity index (χ0v) is 12.3. The van der Waals surface area contributed by atoms with Crippen molar-refractivity contribution in [2.75, 3.05) is 0 Å². The predicted molar refractivity (Wildman–Crippen MR) is 77.6 cm³/mol. The number of H-pyrrole nitrogens is 1. The number of carbonyl (C=O) groups is 1. The highest BCUT2D eigenvalue weighted by Crippen LogP contribution is 2.18. The van der Waals surface area contributed by atoms with Crippen LogP contribution in [0.15, 0.2) is 18.5 Å². The van der Waals surface area contributed by atoms with Gasteiger partial charge in [-0.25, -0.2) is 0 Å². The van der Waals surface area contributed by atoms with Crippen LogP contribution in [0, 0.1) is 13.8 Å². The van der Waals surface area contributed by atoms with Gasteiger partial charge in [0.05, 0.1) is 6.04 Å². The van der Waals surface area contributed by atoms with Crippen molar-refractivity contribution < 1.29 is 4.79 Å². The fourth-order valence-electron chi connectivity index (χ4n) is 2.20. The normalized spacial score (nSPS) is 12.2. The quantitative estimate of drug-likeness (QED) is 0.898. The van der Waals surface area contributed by atoms with Crippen LogP contribution in [-0.4, -0.2) is 21.1 Å². The number of hydrogen-bond acceptors (Lipinski definition) is 3. The first-order valence-corrected chi connectivity index (χ1v) is 6.79. The SMILES string of the molecule is CCc1cnccc1C(C)NC(=O)c1n[nH]c(C)c1C. The van der Waals surface area contributed by atoms with Crippen molar-refractivity contribution in [1.29, 1.82) is 0 Å². The van der Waals surface area contributed by atoms with E-state index in [0.29, 0.717) is 5.69 Å². The smallest absolute Gasteiger partial charge is 0.272 e. The van der Waals surface area contributed by atoms with Gasteiger partial charge in [-0.2, -0.15) is 5.10 Å². The standard InChI is InChI=1S/C15H20N4O/c1-5-12-8-16-7-6-13(12)11(4)17-15(20)14-9(2)10(3)18-19-14/h6-8,11H,5H2,1-4H3,(H,17,20)(H,18,19). The number of rotatable bonds is 4. The number of pyridine rings is 1. The number of amides is 1. The third-order valence-corrected chi connectivity index (χ3v) is 3.60. The van der Waals surface area contributed by atoms with E-state index in [-0.39, 0.29) is 11.9 Å². The van der Waals surface area contributed by atoms with Crippen molar-refractivity contribution in [1.82, 2.24) is 20.5 Å². The van der Waals surface area contributed by atoms with E-state index in [9.17, 15) is 4.79 Å². The molecule has 0 bridgehead atoms. The van der Waals surface area contributed by atoms with Gasteiger partial charge in [0.25, 0.3) is 5.91 Å². The molecular formula is C15H20N4O. The Kier molecular flexibility index (Phi) is 4.17. The topological polar surface area (TPSA) is 70.7 Å². The lowest BCUT2D eigenvalue weighted by molar-refractivity contribution is 0.0934. The molecule has 0 aliphatic heterocycles. The van der Waals surface area contributed by atoms with E-state index in [1.54, 1.807) is 6.20 Å². The van der Waals surface area contributed by atoms with Gasteiger partial charge in [0.2, 0.25) is 0 Å². The Morgan fingerprint density at radius 1 is 1.45 bits per heavy atom. The summed E-state index contributed by atoms with van der Waals surface area (Å²) in [5, 5.41) is 9.88. The maximum atomic E-state index is 12.3. The van der Waals surface area contributed by atoms with Crippen LogP contribution in [0.5, 0.6) is 0 Å². The monoisotopic (exact) mass is 272 g/mol. The number of aromatic amines is 1. The highest BCUT2D eigenvalue weighted by molar-refractivity contribution is 5.94. The molecule has 20 heavy (non-hydrogen) atoms. The molecule has 0 aliphatic carbocycles. The second kappa shape index (κ2) is 5.86. The zero-order chi connectivity index (χ0) is 14.7. The van der Waals surface area contributed by atoms with E-state index in [1.807, 2.05) is 33.0 Å². The highest BCUT2D eigenvalue weighted by atomic mass is 16.2. The second-order valence-corrected chi connectivity index (χ2v) is 4.95. The van der Waals surface area contributed by atoms with Gasteiger partial charge in [0.1, 0.15) is 0 Å². The zero-order valence-electron chi connectivity index (χ0n) is 12.3. The molecule has 2 aromatic heterocycles. The third kappa shape index (κ3) is 2.71. The molecule has 0 radical (unpaired) electrons. The van der Waals surface area contributed by atoms with E-state index in [4.69, 9.17) is 0 Å². The summed E-state index contributed by atoms with van der Waals surface area (Å²) in [5.41, 5.74) is 4.51. The molecule has 0 fully saturated rings. The Labute approximate surface area is 118 Å². The molecule has 0 aromatic carbocycles. The minimum Gasteiger partial charge on any atom is -0.344 e. The minimum atomic E-state index is -0.154. The van der Waals surface area contributed by atoms with Gasteiger partial charge in [-0.3, -0.25) is 14.9 Å². The lowest BCUT2D eigenvalue weighted by Gasteiger charge is -2.16. The van der Waals surface area contributed by atoms with Crippen molar-refractivity contribution in [3.8, 4) is 0 Å². The summed E-state index contributed by atoms with van der Waals surface area (Å²) >= 11 is 0. The van der Waals surface area contributed by atoms with Crippen LogP contribution < -0.4 is 5.32 Å². The Morgan fingerprint density at radius 3 is 2.80 bits per heavy atom. The van der Waals surface area contributed by atoms with E-state index in [0.717, 1.165) is 28.8 Å². The summed E-state index contributed by atoms with van der Waals surface area (Å²) in [6, 6.07) is 1.88. The number of nitrogens with zero attached hydrogens (tertiary/aromatic N) is 2. The fourth-order valence-corrected chi connectivity index (χ4v) is 2.20. The van der Waals surface area contributed by atoms with Gasteiger partial charge < -0.3 is 5.32 Å². The van der Waals surface area contributed by atoms with Gasteiger partial charge in [-0.1, -0.05) is 6.92 Å². The van der Waals surface area contributed by atoms with Crippen molar-refractivity contribution in [2.45, 2.75) is 40.2 Å². The number of nitrogens with one attached hydrogen (secondary N) is 2. The summed E-state index contributed by atoms with van der Waals surface area (Å²) in [5.74, 6) is -0.154. The highest BCUT2D eigenvalue weighted by Gasteiger charge is 2.18. The molecule has 106 valence electrons. The van der Waals surface area contributed by atoms with Crippen LogP contribution in [-0.2, 0) is 6.42 Å². The van der Waals surface area contributed by atoms with Gasteiger partial charge in [-0.05, 0) is 44.4 Å². The second-order valence-electron chi connectivity index (χ2n) is 4.95. The molecule has 2 aromatic rings. The molecule has 2 heterocycles. The maximum absolute atomic E-state index is 12.3. The molecule has 1 atom stereocenters. The summed E-state index contributed by atoms with van der Waals surface area (Å²) in [4.78, 5) is 16.4. The molecule has 2 N–H and O–H groups in total.